The van der Waals surface area contributed by atoms with Crippen molar-refractivity contribution in [1.82, 2.24) is 14.7 Å². The van der Waals surface area contributed by atoms with Gasteiger partial charge in [0.25, 0.3) is 0 Å². The molecule has 0 fully saturated rings. The zero-order valence-electron chi connectivity index (χ0n) is 12.4. The fourth-order valence-corrected chi connectivity index (χ4v) is 2.22. The Labute approximate surface area is 121 Å². The van der Waals surface area contributed by atoms with Crippen molar-refractivity contribution in [2.45, 2.75) is 33.0 Å². The van der Waals surface area contributed by atoms with Crippen molar-refractivity contribution in [3.05, 3.63) is 53.9 Å². The summed E-state index contributed by atoms with van der Waals surface area (Å²) in [5.74, 6) is 0. The van der Waals surface area contributed by atoms with E-state index in [2.05, 4.69) is 54.2 Å². The lowest BCUT2D eigenvalue weighted by molar-refractivity contribution is 0.260. The van der Waals surface area contributed by atoms with Gasteiger partial charge in [0.1, 0.15) is 0 Å². The van der Waals surface area contributed by atoms with Crippen LogP contribution in [0.2, 0.25) is 0 Å². The average Bonchev–Trinajstić information content (AvgIpc) is 2.89. The maximum Gasteiger partial charge on any atom is 0.0765 e. The van der Waals surface area contributed by atoms with Gasteiger partial charge in [-0.2, -0.15) is 5.10 Å². The van der Waals surface area contributed by atoms with Crippen LogP contribution >= 0.6 is 0 Å². The molecule has 0 spiro atoms. The zero-order chi connectivity index (χ0) is 14.4. The number of aromatic nitrogens is 2. The van der Waals surface area contributed by atoms with Crippen molar-refractivity contribution >= 4 is 0 Å². The normalized spacial score (nSPS) is 11.4. The first-order valence-corrected chi connectivity index (χ1v) is 7.19. The molecule has 0 amide bonds. The third-order valence-electron chi connectivity index (χ3n) is 3.27. The average molecular weight is 272 g/mol. The fraction of sp³-hybridized carbons (Fsp3) is 0.438. The highest BCUT2D eigenvalue weighted by atomic mass is 15.3. The first-order valence-electron chi connectivity index (χ1n) is 7.19. The second-order valence-corrected chi connectivity index (χ2v) is 5.37. The molecule has 4 nitrogen and oxygen atoms in total. The second-order valence-electron chi connectivity index (χ2n) is 5.37. The van der Waals surface area contributed by atoms with E-state index in [0.29, 0.717) is 12.6 Å². The van der Waals surface area contributed by atoms with Gasteiger partial charge in [-0.25, -0.2) is 0 Å². The highest BCUT2D eigenvalue weighted by Crippen LogP contribution is 2.10. The molecule has 0 saturated heterocycles. The first kappa shape index (κ1) is 14.8. The van der Waals surface area contributed by atoms with Crippen LogP contribution in [0.15, 0.2) is 42.6 Å². The van der Waals surface area contributed by atoms with E-state index in [1.165, 1.54) is 5.56 Å². The SMILES string of the molecule is CC(C)n1ccc(CN(CCN)Cc2ccccc2)n1. The molecule has 0 unspecified atom stereocenters. The third-order valence-corrected chi connectivity index (χ3v) is 3.27. The minimum atomic E-state index is 0.404. The number of benzene rings is 1. The van der Waals surface area contributed by atoms with E-state index >= 15 is 0 Å². The van der Waals surface area contributed by atoms with E-state index in [0.717, 1.165) is 25.3 Å². The van der Waals surface area contributed by atoms with E-state index < -0.39 is 0 Å². The molecular weight excluding hydrogens is 248 g/mol. The van der Waals surface area contributed by atoms with Crippen molar-refractivity contribution in [1.29, 1.82) is 0 Å². The number of hydrogen-bond donors (Lipinski definition) is 1. The summed E-state index contributed by atoms with van der Waals surface area (Å²) in [5, 5.41) is 4.61. The van der Waals surface area contributed by atoms with Crippen LogP contribution in [0, 0.1) is 0 Å². The topological polar surface area (TPSA) is 47.1 Å². The van der Waals surface area contributed by atoms with Crippen LogP contribution in [0.1, 0.15) is 31.1 Å². The summed E-state index contributed by atoms with van der Waals surface area (Å²) in [6, 6.07) is 13.0. The van der Waals surface area contributed by atoms with Crippen molar-refractivity contribution in [2.24, 2.45) is 5.73 Å². The summed E-state index contributed by atoms with van der Waals surface area (Å²) in [6.45, 7) is 7.57. The Morgan fingerprint density at radius 2 is 1.90 bits per heavy atom. The summed E-state index contributed by atoms with van der Waals surface area (Å²) in [5.41, 5.74) is 8.13. The molecule has 0 saturated carbocycles. The van der Waals surface area contributed by atoms with E-state index in [1.807, 2.05) is 16.9 Å². The van der Waals surface area contributed by atoms with Gasteiger partial charge in [-0.3, -0.25) is 9.58 Å². The van der Waals surface area contributed by atoms with Crippen molar-refractivity contribution < 1.29 is 0 Å². The van der Waals surface area contributed by atoms with Crippen LogP contribution in [0.3, 0.4) is 0 Å². The molecular formula is C16H24N4. The summed E-state index contributed by atoms with van der Waals surface area (Å²) in [4.78, 5) is 2.34. The van der Waals surface area contributed by atoms with Gasteiger partial charge in [0, 0.05) is 38.4 Å². The Kier molecular flexibility index (Phi) is 5.32. The lowest BCUT2D eigenvalue weighted by atomic mass is 10.2. The van der Waals surface area contributed by atoms with Crippen LogP contribution in [0.5, 0.6) is 0 Å². The lowest BCUT2D eigenvalue weighted by Gasteiger charge is -2.20. The Morgan fingerprint density at radius 1 is 1.15 bits per heavy atom. The number of hydrogen-bond acceptors (Lipinski definition) is 3. The van der Waals surface area contributed by atoms with Crippen molar-refractivity contribution in [3.8, 4) is 0 Å². The monoisotopic (exact) mass is 272 g/mol. The predicted octanol–water partition coefficient (Wildman–Crippen LogP) is 2.42. The standard InChI is InChI=1S/C16H24N4/c1-14(2)20-10-8-16(18-20)13-19(11-9-17)12-15-6-4-3-5-7-15/h3-8,10,14H,9,11-13,17H2,1-2H3. The Bertz CT molecular complexity index is 504. The van der Waals surface area contributed by atoms with Crippen LogP contribution in [0.4, 0.5) is 0 Å². The highest BCUT2D eigenvalue weighted by molar-refractivity contribution is 5.14. The smallest absolute Gasteiger partial charge is 0.0765 e. The summed E-state index contributed by atoms with van der Waals surface area (Å²) >= 11 is 0. The number of rotatable bonds is 7. The van der Waals surface area contributed by atoms with Crippen molar-refractivity contribution in [2.75, 3.05) is 13.1 Å². The minimum absolute atomic E-state index is 0.404. The minimum Gasteiger partial charge on any atom is -0.329 e. The fourth-order valence-electron chi connectivity index (χ4n) is 2.22. The van der Waals surface area contributed by atoms with Crippen molar-refractivity contribution in [3.63, 3.8) is 0 Å². The molecule has 2 rings (SSSR count). The molecule has 20 heavy (non-hydrogen) atoms. The van der Waals surface area contributed by atoms with Gasteiger partial charge in [-0.15, -0.1) is 0 Å². The molecule has 1 aromatic heterocycles. The Hall–Kier alpha value is -1.65. The van der Waals surface area contributed by atoms with E-state index in [1.54, 1.807) is 0 Å². The third kappa shape index (κ3) is 4.18. The number of nitrogens with two attached hydrogens (primary N) is 1. The van der Waals surface area contributed by atoms with E-state index in [-0.39, 0.29) is 0 Å². The van der Waals surface area contributed by atoms with Crippen LogP contribution in [0.25, 0.3) is 0 Å². The van der Waals surface area contributed by atoms with Gasteiger partial charge in [-0.05, 0) is 25.5 Å². The molecule has 0 aliphatic rings. The summed E-state index contributed by atoms with van der Waals surface area (Å²) in [6.07, 6.45) is 2.04. The van der Waals surface area contributed by atoms with Gasteiger partial charge in [0.15, 0.2) is 0 Å². The Morgan fingerprint density at radius 3 is 2.50 bits per heavy atom. The quantitative estimate of drug-likeness (QED) is 0.842. The molecule has 108 valence electrons. The second kappa shape index (κ2) is 7.22. The summed E-state index contributed by atoms with van der Waals surface area (Å²) in [7, 11) is 0. The molecule has 0 bridgehead atoms. The molecule has 0 radical (unpaired) electrons. The van der Waals surface area contributed by atoms with E-state index in [9.17, 15) is 0 Å². The van der Waals surface area contributed by atoms with Gasteiger partial charge in [0.05, 0.1) is 5.69 Å². The maximum absolute atomic E-state index is 5.72. The molecule has 0 aliphatic heterocycles. The Balaban J connectivity index is 2.01. The van der Waals surface area contributed by atoms with Gasteiger partial charge in [-0.1, -0.05) is 30.3 Å². The summed E-state index contributed by atoms with van der Waals surface area (Å²) < 4.78 is 2.00. The number of nitrogens with zero attached hydrogens (tertiary/aromatic N) is 3. The molecule has 2 N–H and O–H groups in total. The van der Waals surface area contributed by atoms with Gasteiger partial charge in [0.2, 0.25) is 0 Å². The predicted molar refractivity (Wildman–Crippen MR) is 82.2 cm³/mol. The molecule has 1 heterocycles. The maximum atomic E-state index is 5.72. The molecule has 4 heteroatoms. The lowest BCUT2D eigenvalue weighted by Crippen LogP contribution is -2.29. The molecule has 0 aliphatic carbocycles. The zero-order valence-corrected chi connectivity index (χ0v) is 12.4. The van der Waals surface area contributed by atoms with Gasteiger partial charge < -0.3 is 5.73 Å². The molecule has 0 atom stereocenters. The highest BCUT2D eigenvalue weighted by Gasteiger charge is 2.09. The van der Waals surface area contributed by atoms with Crippen LogP contribution < -0.4 is 5.73 Å². The molecule has 1 aromatic carbocycles. The van der Waals surface area contributed by atoms with E-state index in [4.69, 9.17) is 5.73 Å². The van der Waals surface area contributed by atoms with Gasteiger partial charge >= 0.3 is 0 Å². The van der Waals surface area contributed by atoms with Crippen LogP contribution in [-0.4, -0.2) is 27.8 Å². The largest absolute Gasteiger partial charge is 0.329 e. The molecule has 2 aromatic rings. The van der Waals surface area contributed by atoms with Crippen LogP contribution in [-0.2, 0) is 13.1 Å². The first-order chi connectivity index (χ1) is 9.69.